The summed E-state index contributed by atoms with van der Waals surface area (Å²) in [5, 5.41) is 18.9. The first-order valence-corrected chi connectivity index (χ1v) is 4.27. The van der Waals surface area contributed by atoms with Crippen LogP contribution in [0.3, 0.4) is 0 Å². The van der Waals surface area contributed by atoms with Gasteiger partial charge in [0.05, 0.1) is 4.92 Å². The summed E-state index contributed by atoms with van der Waals surface area (Å²) in [6.07, 6.45) is 0.900. The first-order valence-electron chi connectivity index (χ1n) is 4.27. The van der Waals surface area contributed by atoms with Crippen LogP contribution < -0.4 is 0 Å². The summed E-state index contributed by atoms with van der Waals surface area (Å²) in [5.74, 6) is -2.11. The monoisotopic (exact) mass is 225 g/mol. The first-order chi connectivity index (χ1) is 7.41. The van der Waals surface area contributed by atoms with Gasteiger partial charge in [-0.3, -0.25) is 10.1 Å². The number of nitro benzene ring substituents is 1. The third kappa shape index (κ3) is 2.63. The summed E-state index contributed by atoms with van der Waals surface area (Å²) in [6, 6.07) is 3.23. The van der Waals surface area contributed by atoms with Crippen molar-refractivity contribution in [2.45, 2.75) is 6.92 Å². The molecule has 1 aromatic carbocycles. The van der Waals surface area contributed by atoms with E-state index < -0.39 is 22.4 Å². The fourth-order valence-corrected chi connectivity index (χ4v) is 1.17. The Bertz CT molecular complexity index is 482. The van der Waals surface area contributed by atoms with Crippen LogP contribution in [-0.2, 0) is 4.79 Å². The molecule has 0 spiro atoms. The van der Waals surface area contributed by atoms with Gasteiger partial charge in [-0.2, -0.15) is 4.39 Å². The van der Waals surface area contributed by atoms with Crippen LogP contribution in [0.25, 0.3) is 5.57 Å². The van der Waals surface area contributed by atoms with E-state index in [4.69, 9.17) is 5.11 Å². The van der Waals surface area contributed by atoms with Crippen LogP contribution in [0, 0.1) is 15.9 Å². The zero-order valence-electron chi connectivity index (χ0n) is 8.31. The Morgan fingerprint density at radius 1 is 1.56 bits per heavy atom. The van der Waals surface area contributed by atoms with Crippen molar-refractivity contribution >= 4 is 17.2 Å². The van der Waals surface area contributed by atoms with Crippen molar-refractivity contribution in [1.82, 2.24) is 0 Å². The first kappa shape index (κ1) is 11.8. The van der Waals surface area contributed by atoms with E-state index in [1.165, 1.54) is 13.0 Å². The Morgan fingerprint density at radius 3 is 2.69 bits per heavy atom. The normalized spacial score (nSPS) is 11.2. The lowest BCUT2D eigenvalue weighted by atomic mass is 10.1. The topological polar surface area (TPSA) is 80.4 Å². The Labute approximate surface area is 90.0 Å². The van der Waals surface area contributed by atoms with E-state index in [0.29, 0.717) is 11.1 Å². The Balaban J connectivity index is 3.23. The molecule has 0 fully saturated rings. The molecule has 0 saturated heterocycles. The van der Waals surface area contributed by atoms with Gasteiger partial charge >= 0.3 is 11.7 Å². The molecular weight excluding hydrogens is 217 g/mol. The van der Waals surface area contributed by atoms with Crippen molar-refractivity contribution in [3.8, 4) is 0 Å². The van der Waals surface area contributed by atoms with Crippen LogP contribution in [-0.4, -0.2) is 16.0 Å². The SMILES string of the molecule is C/C(=C\C(=O)O)c1ccc(F)c([N+](=O)[O-])c1. The summed E-state index contributed by atoms with van der Waals surface area (Å²) in [4.78, 5) is 20.0. The van der Waals surface area contributed by atoms with Gasteiger partial charge in [0.15, 0.2) is 0 Å². The smallest absolute Gasteiger partial charge is 0.328 e. The van der Waals surface area contributed by atoms with Gasteiger partial charge in [0.2, 0.25) is 5.82 Å². The van der Waals surface area contributed by atoms with Crippen LogP contribution in [0.5, 0.6) is 0 Å². The van der Waals surface area contributed by atoms with Crippen LogP contribution >= 0.6 is 0 Å². The molecule has 84 valence electrons. The van der Waals surface area contributed by atoms with Crippen LogP contribution in [0.2, 0.25) is 0 Å². The van der Waals surface area contributed by atoms with E-state index in [-0.39, 0.29) is 0 Å². The molecule has 0 saturated carbocycles. The van der Waals surface area contributed by atoms with Crippen molar-refractivity contribution in [3.63, 3.8) is 0 Å². The molecule has 0 unspecified atom stereocenters. The second-order valence-electron chi connectivity index (χ2n) is 3.09. The fourth-order valence-electron chi connectivity index (χ4n) is 1.17. The van der Waals surface area contributed by atoms with Crippen molar-refractivity contribution in [1.29, 1.82) is 0 Å². The second-order valence-corrected chi connectivity index (χ2v) is 3.09. The van der Waals surface area contributed by atoms with Gasteiger partial charge < -0.3 is 5.11 Å². The molecule has 0 radical (unpaired) electrons. The number of nitro groups is 1. The lowest BCUT2D eigenvalue weighted by molar-refractivity contribution is -0.387. The summed E-state index contributed by atoms with van der Waals surface area (Å²) in [7, 11) is 0. The predicted molar refractivity (Wildman–Crippen MR) is 54.3 cm³/mol. The van der Waals surface area contributed by atoms with Gasteiger partial charge in [0, 0.05) is 12.1 Å². The summed E-state index contributed by atoms with van der Waals surface area (Å²) < 4.78 is 13.0. The van der Waals surface area contributed by atoms with E-state index in [2.05, 4.69) is 0 Å². The van der Waals surface area contributed by atoms with E-state index in [9.17, 15) is 19.3 Å². The van der Waals surface area contributed by atoms with Crippen molar-refractivity contribution in [2.75, 3.05) is 0 Å². The molecule has 0 aliphatic rings. The highest BCUT2D eigenvalue weighted by atomic mass is 19.1. The predicted octanol–water partition coefficient (Wildman–Crippen LogP) is 2.22. The number of halogens is 1. The summed E-state index contributed by atoms with van der Waals surface area (Å²) >= 11 is 0. The molecular formula is C10H8FNO4. The van der Waals surface area contributed by atoms with E-state index in [0.717, 1.165) is 18.2 Å². The second kappa shape index (κ2) is 4.52. The number of carboxylic acid groups (broad SMARTS) is 1. The molecule has 0 aliphatic carbocycles. The Morgan fingerprint density at radius 2 is 2.19 bits per heavy atom. The van der Waals surface area contributed by atoms with Gasteiger partial charge in [-0.15, -0.1) is 0 Å². The van der Waals surface area contributed by atoms with E-state index >= 15 is 0 Å². The maximum atomic E-state index is 13.0. The van der Waals surface area contributed by atoms with Crippen LogP contribution in [0.1, 0.15) is 12.5 Å². The number of nitrogens with zero attached hydrogens (tertiary/aromatic N) is 1. The highest BCUT2D eigenvalue weighted by Crippen LogP contribution is 2.22. The quantitative estimate of drug-likeness (QED) is 0.485. The van der Waals surface area contributed by atoms with Crippen molar-refractivity contribution in [2.24, 2.45) is 0 Å². The lowest BCUT2D eigenvalue weighted by Gasteiger charge is -2.01. The molecule has 5 nitrogen and oxygen atoms in total. The molecule has 0 bridgehead atoms. The molecule has 1 N–H and O–H groups in total. The number of carboxylic acids is 1. The minimum Gasteiger partial charge on any atom is -0.478 e. The Hall–Kier alpha value is -2.24. The van der Waals surface area contributed by atoms with Crippen LogP contribution in [0.15, 0.2) is 24.3 Å². The molecule has 0 aromatic heterocycles. The molecule has 16 heavy (non-hydrogen) atoms. The molecule has 0 amide bonds. The summed E-state index contributed by atoms with van der Waals surface area (Å²) in [6.45, 7) is 1.48. The third-order valence-electron chi connectivity index (χ3n) is 1.94. The molecule has 1 rings (SSSR count). The van der Waals surface area contributed by atoms with Crippen molar-refractivity contribution in [3.05, 3.63) is 45.8 Å². The fraction of sp³-hybridized carbons (Fsp3) is 0.100. The molecule has 0 atom stereocenters. The number of rotatable bonds is 3. The van der Waals surface area contributed by atoms with Gasteiger partial charge in [0.1, 0.15) is 0 Å². The summed E-state index contributed by atoms with van der Waals surface area (Å²) in [5.41, 5.74) is -0.0539. The molecule has 6 heteroatoms. The number of carbonyl (C=O) groups is 1. The minimum absolute atomic E-state index is 0.301. The third-order valence-corrected chi connectivity index (χ3v) is 1.94. The van der Waals surface area contributed by atoms with Gasteiger partial charge in [0.25, 0.3) is 0 Å². The van der Waals surface area contributed by atoms with Crippen molar-refractivity contribution < 1.29 is 19.2 Å². The molecule has 0 heterocycles. The standard InChI is InChI=1S/C10H8FNO4/c1-6(4-10(13)14)7-2-3-8(11)9(5-7)12(15)16/h2-5H,1H3,(H,13,14)/b6-4+. The van der Waals surface area contributed by atoms with Gasteiger partial charge in [-0.25, -0.2) is 4.79 Å². The van der Waals surface area contributed by atoms with Gasteiger partial charge in [-0.05, 0) is 24.1 Å². The maximum Gasteiger partial charge on any atom is 0.328 e. The molecule has 1 aromatic rings. The van der Waals surface area contributed by atoms with E-state index in [1.54, 1.807) is 0 Å². The highest BCUT2D eigenvalue weighted by molar-refractivity contribution is 5.89. The zero-order chi connectivity index (χ0) is 12.3. The highest BCUT2D eigenvalue weighted by Gasteiger charge is 2.14. The number of allylic oxidation sites excluding steroid dienone is 1. The Kier molecular flexibility index (Phi) is 3.34. The largest absolute Gasteiger partial charge is 0.478 e. The average molecular weight is 225 g/mol. The lowest BCUT2D eigenvalue weighted by Crippen LogP contribution is -1.95. The number of hydrogen-bond acceptors (Lipinski definition) is 3. The minimum atomic E-state index is -1.16. The number of hydrogen-bond donors (Lipinski definition) is 1. The number of benzene rings is 1. The average Bonchev–Trinajstić information content (AvgIpc) is 2.16. The van der Waals surface area contributed by atoms with E-state index in [1.807, 2.05) is 0 Å². The molecule has 0 aliphatic heterocycles. The number of aliphatic carboxylic acids is 1. The zero-order valence-corrected chi connectivity index (χ0v) is 8.31. The van der Waals surface area contributed by atoms with Crippen LogP contribution in [0.4, 0.5) is 10.1 Å². The van der Waals surface area contributed by atoms with Gasteiger partial charge in [-0.1, -0.05) is 6.07 Å². The maximum absolute atomic E-state index is 13.0.